The van der Waals surface area contributed by atoms with E-state index in [0.29, 0.717) is 0 Å². The second kappa shape index (κ2) is 2.59. The Morgan fingerprint density at radius 3 is 2.00 bits per heavy atom. The Bertz CT molecular complexity index is 134. The second-order valence-electron chi connectivity index (χ2n) is 3.02. The van der Waals surface area contributed by atoms with Gasteiger partial charge in [-0.3, -0.25) is 4.90 Å². The Kier molecular flexibility index (Phi) is 1.60. The van der Waals surface area contributed by atoms with Crippen molar-refractivity contribution in [1.82, 2.24) is 4.90 Å². The van der Waals surface area contributed by atoms with Crippen molar-refractivity contribution < 1.29 is 0 Å². The number of nitrogens with zero attached hydrogens (tertiary/aromatic N) is 1. The van der Waals surface area contributed by atoms with Crippen LogP contribution in [0.4, 0.5) is 0 Å². The maximum Gasteiger partial charge on any atom is 0.0171 e. The second-order valence-corrected chi connectivity index (χ2v) is 3.02. The summed E-state index contributed by atoms with van der Waals surface area (Å²) in [5, 5.41) is 0. The summed E-state index contributed by atoms with van der Waals surface area (Å²) in [6.07, 6.45) is 11.7. The van der Waals surface area contributed by atoms with E-state index in [4.69, 9.17) is 0 Å². The molecule has 0 saturated carbocycles. The molecule has 0 aliphatic carbocycles. The molecule has 2 aliphatic rings. The largest absolute Gasteiger partial charge is 0.292 e. The molecule has 0 unspecified atom stereocenters. The van der Waals surface area contributed by atoms with Crippen LogP contribution in [0.2, 0.25) is 0 Å². The van der Waals surface area contributed by atoms with Gasteiger partial charge in [-0.1, -0.05) is 24.3 Å². The van der Waals surface area contributed by atoms with E-state index in [1.165, 1.54) is 12.8 Å². The highest BCUT2D eigenvalue weighted by molar-refractivity contribution is 5.04. The summed E-state index contributed by atoms with van der Waals surface area (Å²) in [7, 11) is 0. The summed E-state index contributed by atoms with van der Waals surface area (Å²) in [5.74, 6) is 0. The Hall–Kier alpha value is -0.560. The fourth-order valence-electron chi connectivity index (χ4n) is 1.69. The molecule has 10 heavy (non-hydrogen) atoms. The van der Waals surface area contributed by atoms with E-state index >= 15 is 0 Å². The van der Waals surface area contributed by atoms with Crippen LogP contribution >= 0.6 is 0 Å². The van der Waals surface area contributed by atoms with Crippen LogP contribution in [0.3, 0.4) is 0 Å². The summed E-state index contributed by atoms with van der Waals surface area (Å²) in [6.45, 7) is 2.32. The molecule has 1 heteroatoms. The van der Waals surface area contributed by atoms with Gasteiger partial charge in [-0.2, -0.15) is 0 Å². The minimum Gasteiger partial charge on any atom is -0.292 e. The number of fused-ring (bicyclic) bond motifs is 1. The molecule has 0 N–H and O–H groups in total. The lowest BCUT2D eigenvalue weighted by Gasteiger charge is -2.33. The van der Waals surface area contributed by atoms with Gasteiger partial charge in [-0.05, 0) is 12.8 Å². The van der Waals surface area contributed by atoms with E-state index in [9.17, 15) is 0 Å². The van der Waals surface area contributed by atoms with Crippen LogP contribution in [0, 0.1) is 0 Å². The summed E-state index contributed by atoms with van der Waals surface area (Å²) in [6, 6.07) is 0.815. The van der Waals surface area contributed by atoms with Crippen LogP contribution < -0.4 is 0 Å². The maximum atomic E-state index is 2.53. The molecule has 2 heterocycles. The molecule has 0 atom stereocenters. The van der Waals surface area contributed by atoms with Gasteiger partial charge < -0.3 is 0 Å². The Labute approximate surface area is 62.0 Å². The Morgan fingerprint density at radius 1 is 0.900 bits per heavy atom. The van der Waals surface area contributed by atoms with Gasteiger partial charge >= 0.3 is 0 Å². The first kappa shape index (κ1) is 6.17. The molecule has 54 valence electrons. The van der Waals surface area contributed by atoms with Gasteiger partial charge in [0.25, 0.3) is 0 Å². The van der Waals surface area contributed by atoms with Crippen molar-refractivity contribution in [2.24, 2.45) is 0 Å². The minimum absolute atomic E-state index is 0.815. The van der Waals surface area contributed by atoms with Crippen LogP contribution in [0.5, 0.6) is 0 Å². The zero-order valence-corrected chi connectivity index (χ0v) is 6.16. The van der Waals surface area contributed by atoms with E-state index in [1.54, 1.807) is 0 Å². The summed E-state index contributed by atoms with van der Waals surface area (Å²) in [5.41, 5.74) is 0. The summed E-state index contributed by atoms with van der Waals surface area (Å²) in [4.78, 5) is 2.53. The standard InChI is InChI=1S/C9H13N/c1-3-7-10-8-4-2-6-9(10)5-1/h1-4,9H,5-8H2. The van der Waals surface area contributed by atoms with E-state index in [2.05, 4.69) is 29.2 Å². The molecule has 2 aliphatic heterocycles. The van der Waals surface area contributed by atoms with Gasteiger partial charge in [0, 0.05) is 19.1 Å². The fourth-order valence-corrected chi connectivity index (χ4v) is 1.69. The lowest BCUT2D eigenvalue weighted by molar-refractivity contribution is 0.222. The van der Waals surface area contributed by atoms with Gasteiger partial charge in [0.05, 0.1) is 0 Å². The molecule has 1 nitrogen and oxygen atoms in total. The van der Waals surface area contributed by atoms with Crippen LogP contribution in [-0.2, 0) is 0 Å². The molecule has 2 rings (SSSR count). The number of hydrogen-bond donors (Lipinski definition) is 0. The average Bonchev–Trinajstić information content (AvgIpc) is 2.05. The number of hydrogen-bond acceptors (Lipinski definition) is 1. The minimum atomic E-state index is 0.815. The van der Waals surface area contributed by atoms with Crippen molar-refractivity contribution >= 4 is 0 Å². The highest BCUT2D eigenvalue weighted by Crippen LogP contribution is 2.17. The zero-order chi connectivity index (χ0) is 6.81. The highest BCUT2D eigenvalue weighted by atomic mass is 15.2. The Balaban J connectivity index is 2.09. The molecule has 0 aromatic heterocycles. The summed E-state index contributed by atoms with van der Waals surface area (Å²) >= 11 is 0. The quantitative estimate of drug-likeness (QED) is 0.456. The number of rotatable bonds is 0. The van der Waals surface area contributed by atoms with Crippen LogP contribution in [0.15, 0.2) is 24.3 Å². The van der Waals surface area contributed by atoms with Crippen LogP contribution in [-0.4, -0.2) is 24.0 Å². The zero-order valence-electron chi connectivity index (χ0n) is 6.16. The van der Waals surface area contributed by atoms with E-state index in [0.717, 1.165) is 19.1 Å². The van der Waals surface area contributed by atoms with Gasteiger partial charge in [-0.15, -0.1) is 0 Å². The molecular weight excluding hydrogens is 122 g/mol. The first-order valence-corrected chi connectivity index (χ1v) is 4.01. The van der Waals surface area contributed by atoms with E-state index in [-0.39, 0.29) is 0 Å². The average molecular weight is 135 g/mol. The SMILES string of the molecule is C1=CCN2CC=CCC2C1. The topological polar surface area (TPSA) is 3.24 Å². The lowest BCUT2D eigenvalue weighted by Crippen LogP contribution is -2.38. The van der Waals surface area contributed by atoms with Gasteiger partial charge in [0.15, 0.2) is 0 Å². The third-order valence-electron chi connectivity index (χ3n) is 2.35. The predicted octanol–water partition coefficient (Wildman–Crippen LogP) is 1.58. The van der Waals surface area contributed by atoms with Gasteiger partial charge in [0.1, 0.15) is 0 Å². The van der Waals surface area contributed by atoms with Crippen LogP contribution in [0.1, 0.15) is 12.8 Å². The fraction of sp³-hybridized carbons (Fsp3) is 0.556. The Morgan fingerprint density at radius 2 is 1.50 bits per heavy atom. The summed E-state index contributed by atoms with van der Waals surface area (Å²) < 4.78 is 0. The van der Waals surface area contributed by atoms with E-state index < -0.39 is 0 Å². The molecule has 0 aromatic carbocycles. The van der Waals surface area contributed by atoms with Gasteiger partial charge in [0.2, 0.25) is 0 Å². The third-order valence-corrected chi connectivity index (χ3v) is 2.35. The first-order chi connectivity index (χ1) is 4.97. The predicted molar refractivity (Wildman–Crippen MR) is 42.9 cm³/mol. The monoisotopic (exact) mass is 135 g/mol. The van der Waals surface area contributed by atoms with E-state index in [1.807, 2.05) is 0 Å². The third kappa shape index (κ3) is 1.01. The van der Waals surface area contributed by atoms with Crippen molar-refractivity contribution in [3.05, 3.63) is 24.3 Å². The highest BCUT2D eigenvalue weighted by Gasteiger charge is 2.18. The molecule has 0 bridgehead atoms. The smallest absolute Gasteiger partial charge is 0.0171 e. The van der Waals surface area contributed by atoms with Crippen molar-refractivity contribution in [2.75, 3.05) is 13.1 Å². The van der Waals surface area contributed by atoms with Crippen LogP contribution in [0.25, 0.3) is 0 Å². The molecule has 0 radical (unpaired) electrons. The molecule has 0 spiro atoms. The maximum absolute atomic E-state index is 2.53. The molecule has 0 fully saturated rings. The normalized spacial score (nSPS) is 26.8. The van der Waals surface area contributed by atoms with Crippen molar-refractivity contribution in [3.63, 3.8) is 0 Å². The molecule has 0 aromatic rings. The molecule has 0 amide bonds. The van der Waals surface area contributed by atoms with Crippen molar-refractivity contribution in [1.29, 1.82) is 0 Å². The molecule has 0 saturated heterocycles. The van der Waals surface area contributed by atoms with Crippen molar-refractivity contribution in [2.45, 2.75) is 18.9 Å². The lowest BCUT2D eigenvalue weighted by atomic mass is 10.0. The van der Waals surface area contributed by atoms with Crippen molar-refractivity contribution in [3.8, 4) is 0 Å². The van der Waals surface area contributed by atoms with Gasteiger partial charge in [-0.25, -0.2) is 0 Å². The first-order valence-electron chi connectivity index (χ1n) is 4.01. The molecular formula is C9H13N.